The van der Waals surface area contributed by atoms with Gasteiger partial charge in [0, 0.05) is 21.5 Å². The summed E-state index contributed by atoms with van der Waals surface area (Å²) in [5.74, 6) is -0.909. The average Bonchev–Trinajstić information content (AvgIpc) is 2.66. The summed E-state index contributed by atoms with van der Waals surface area (Å²) in [7, 11) is 0. The quantitative estimate of drug-likeness (QED) is 0.784. The number of thiophene rings is 1. The topological polar surface area (TPSA) is 63.3 Å². The van der Waals surface area contributed by atoms with Crippen LogP contribution in [0.4, 0.5) is 5.69 Å². The number of rotatable bonds is 2. The Morgan fingerprint density at radius 1 is 1.38 bits per heavy atom. The Bertz CT molecular complexity index is 546. The molecule has 0 atom stereocenters. The lowest BCUT2D eigenvalue weighted by molar-refractivity contribution is 0.0697. The second kappa shape index (κ2) is 3.98. The van der Waals surface area contributed by atoms with Gasteiger partial charge in [0.1, 0.15) is 0 Å². The zero-order valence-corrected chi connectivity index (χ0v) is 9.54. The molecule has 3 N–H and O–H groups in total. The molecule has 1 aromatic carbocycles. The zero-order valence-electron chi connectivity index (χ0n) is 8.73. The summed E-state index contributed by atoms with van der Waals surface area (Å²) < 4.78 is 0. The highest BCUT2D eigenvalue weighted by Crippen LogP contribution is 2.32. The predicted octanol–water partition coefficient (Wildman–Crippen LogP) is 3.00. The van der Waals surface area contributed by atoms with Crippen molar-refractivity contribution >= 4 is 23.0 Å². The van der Waals surface area contributed by atoms with Crippen LogP contribution in [0.5, 0.6) is 0 Å². The largest absolute Gasteiger partial charge is 0.478 e. The van der Waals surface area contributed by atoms with Crippen LogP contribution >= 0.6 is 11.3 Å². The highest BCUT2D eigenvalue weighted by Gasteiger charge is 2.09. The minimum Gasteiger partial charge on any atom is -0.478 e. The highest BCUT2D eigenvalue weighted by atomic mass is 32.1. The molecule has 0 unspecified atom stereocenters. The van der Waals surface area contributed by atoms with Gasteiger partial charge in [-0.05, 0) is 24.6 Å². The molecule has 4 heteroatoms. The van der Waals surface area contributed by atoms with Crippen molar-refractivity contribution in [1.82, 2.24) is 0 Å². The van der Waals surface area contributed by atoms with E-state index in [9.17, 15) is 4.79 Å². The fourth-order valence-electron chi connectivity index (χ4n) is 1.50. The predicted molar refractivity (Wildman–Crippen MR) is 65.9 cm³/mol. The summed E-state index contributed by atoms with van der Waals surface area (Å²) in [6, 6.07) is 7.41. The van der Waals surface area contributed by atoms with Crippen LogP contribution in [-0.4, -0.2) is 11.1 Å². The third kappa shape index (κ3) is 1.92. The lowest BCUT2D eigenvalue weighted by atomic mass is 10.1. The molecule has 0 bridgehead atoms. The van der Waals surface area contributed by atoms with E-state index in [2.05, 4.69) is 0 Å². The molecule has 82 valence electrons. The molecule has 0 saturated heterocycles. The molecule has 1 heterocycles. The Hall–Kier alpha value is -1.81. The number of carboxylic acids is 1. The minimum absolute atomic E-state index is 0.306. The number of nitrogen functional groups attached to an aromatic ring is 1. The van der Waals surface area contributed by atoms with E-state index in [1.54, 1.807) is 11.4 Å². The monoisotopic (exact) mass is 233 g/mol. The van der Waals surface area contributed by atoms with Gasteiger partial charge in [0.25, 0.3) is 0 Å². The third-order valence-electron chi connectivity index (χ3n) is 2.32. The molecule has 1 aromatic heterocycles. The van der Waals surface area contributed by atoms with Crippen LogP contribution in [-0.2, 0) is 0 Å². The smallest absolute Gasteiger partial charge is 0.336 e. The zero-order chi connectivity index (χ0) is 11.7. The van der Waals surface area contributed by atoms with E-state index in [0.717, 1.165) is 16.0 Å². The lowest BCUT2D eigenvalue weighted by Crippen LogP contribution is -1.92. The molecule has 0 aliphatic rings. The first-order valence-corrected chi connectivity index (χ1v) is 5.64. The summed E-state index contributed by atoms with van der Waals surface area (Å²) in [4.78, 5) is 11.6. The van der Waals surface area contributed by atoms with Gasteiger partial charge in [-0.1, -0.05) is 12.1 Å². The molecule has 0 saturated carbocycles. The number of hydrogen-bond acceptors (Lipinski definition) is 3. The van der Waals surface area contributed by atoms with Gasteiger partial charge in [-0.15, -0.1) is 11.3 Å². The first kappa shape index (κ1) is 10.7. The molecule has 0 aliphatic heterocycles. The maximum atomic E-state index is 10.8. The van der Waals surface area contributed by atoms with E-state index >= 15 is 0 Å². The second-order valence-corrected chi connectivity index (χ2v) is 4.51. The van der Waals surface area contributed by atoms with Gasteiger partial charge >= 0.3 is 5.97 Å². The Balaban J connectivity index is 2.46. The van der Waals surface area contributed by atoms with Crippen LogP contribution in [0.1, 0.15) is 15.9 Å². The molecule has 2 aromatic rings. The first-order chi connectivity index (χ1) is 7.58. The number of aromatic carboxylic acids is 1. The van der Waals surface area contributed by atoms with Crippen molar-refractivity contribution in [3.05, 3.63) is 40.8 Å². The van der Waals surface area contributed by atoms with Crippen molar-refractivity contribution in [2.24, 2.45) is 0 Å². The maximum absolute atomic E-state index is 10.8. The standard InChI is InChI=1S/C12H11NO2S/c1-7-2-3-9(10(13)4-7)11-5-8(6-16-11)12(14)15/h2-6H,13H2,1H3,(H,14,15). The number of anilines is 1. The number of nitrogens with two attached hydrogens (primary N) is 1. The van der Waals surface area contributed by atoms with Gasteiger partial charge in [0.2, 0.25) is 0 Å². The van der Waals surface area contributed by atoms with Crippen molar-refractivity contribution in [2.45, 2.75) is 6.92 Å². The Morgan fingerprint density at radius 2 is 2.12 bits per heavy atom. The van der Waals surface area contributed by atoms with E-state index in [-0.39, 0.29) is 0 Å². The molecule has 0 fully saturated rings. The normalized spacial score (nSPS) is 10.3. The van der Waals surface area contributed by atoms with Gasteiger partial charge in [0.05, 0.1) is 5.56 Å². The van der Waals surface area contributed by atoms with E-state index < -0.39 is 5.97 Å². The van der Waals surface area contributed by atoms with Crippen molar-refractivity contribution in [3.8, 4) is 10.4 Å². The van der Waals surface area contributed by atoms with Gasteiger partial charge < -0.3 is 10.8 Å². The molecule has 0 spiro atoms. The molecule has 0 aliphatic carbocycles. The SMILES string of the molecule is Cc1ccc(-c2cc(C(=O)O)cs2)c(N)c1. The summed E-state index contributed by atoms with van der Waals surface area (Å²) in [6.45, 7) is 1.97. The summed E-state index contributed by atoms with van der Waals surface area (Å²) in [5.41, 5.74) is 8.87. The number of aryl methyl sites for hydroxylation is 1. The van der Waals surface area contributed by atoms with Gasteiger partial charge in [-0.25, -0.2) is 4.79 Å². The third-order valence-corrected chi connectivity index (χ3v) is 3.28. The maximum Gasteiger partial charge on any atom is 0.336 e. The molecule has 3 nitrogen and oxygen atoms in total. The van der Waals surface area contributed by atoms with E-state index in [1.807, 2.05) is 25.1 Å². The van der Waals surface area contributed by atoms with Crippen LogP contribution in [0.15, 0.2) is 29.6 Å². The van der Waals surface area contributed by atoms with Crippen LogP contribution < -0.4 is 5.73 Å². The van der Waals surface area contributed by atoms with Crippen molar-refractivity contribution in [2.75, 3.05) is 5.73 Å². The Labute approximate surface area is 97.2 Å². The van der Waals surface area contributed by atoms with Crippen molar-refractivity contribution < 1.29 is 9.90 Å². The Kier molecular flexibility index (Phi) is 2.66. The fraction of sp³-hybridized carbons (Fsp3) is 0.0833. The van der Waals surface area contributed by atoms with E-state index in [4.69, 9.17) is 10.8 Å². The summed E-state index contributed by atoms with van der Waals surface area (Å²) in [5, 5.41) is 10.5. The number of carbonyl (C=O) groups is 1. The number of carboxylic acid groups (broad SMARTS) is 1. The molecular weight excluding hydrogens is 222 g/mol. The van der Waals surface area contributed by atoms with Crippen molar-refractivity contribution in [3.63, 3.8) is 0 Å². The van der Waals surface area contributed by atoms with Gasteiger partial charge in [-0.2, -0.15) is 0 Å². The van der Waals surface area contributed by atoms with Crippen molar-refractivity contribution in [1.29, 1.82) is 0 Å². The van der Waals surface area contributed by atoms with E-state index in [1.165, 1.54) is 11.3 Å². The minimum atomic E-state index is -0.909. The van der Waals surface area contributed by atoms with Gasteiger partial charge in [-0.3, -0.25) is 0 Å². The van der Waals surface area contributed by atoms with Gasteiger partial charge in [0.15, 0.2) is 0 Å². The average molecular weight is 233 g/mol. The highest BCUT2D eigenvalue weighted by molar-refractivity contribution is 7.14. The lowest BCUT2D eigenvalue weighted by Gasteiger charge is -2.03. The van der Waals surface area contributed by atoms with Crippen LogP contribution in [0.3, 0.4) is 0 Å². The van der Waals surface area contributed by atoms with Crippen LogP contribution in [0.25, 0.3) is 10.4 Å². The number of hydrogen-bond donors (Lipinski definition) is 2. The summed E-state index contributed by atoms with van der Waals surface area (Å²) >= 11 is 1.39. The Morgan fingerprint density at radius 3 is 2.69 bits per heavy atom. The molecule has 2 rings (SSSR count). The first-order valence-electron chi connectivity index (χ1n) is 4.76. The fourth-order valence-corrected chi connectivity index (χ4v) is 2.43. The van der Waals surface area contributed by atoms with Crippen LogP contribution in [0, 0.1) is 6.92 Å². The number of benzene rings is 1. The molecule has 0 radical (unpaired) electrons. The van der Waals surface area contributed by atoms with E-state index in [0.29, 0.717) is 11.3 Å². The second-order valence-electron chi connectivity index (χ2n) is 3.60. The van der Waals surface area contributed by atoms with Crippen LogP contribution in [0.2, 0.25) is 0 Å². The summed E-state index contributed by atoms with van der Waals surface area (Å²) in [6.07, 6.45) is 0. The molecule has 0 amide bonds. The molecular formula is C12H11NO2S. The molecule has 16 heavy (non-hydrogen) atoms.